The third-order valence-electron chi connectivity index (χ3n) is 5.03. The minimum atomic E-state index is 0. The van der Waals surface area contributed by atoms with E-state index in [1.54, 1.807) is 0 Å². The summed E-state index contributed by atoms with van der Waals surface area (Å²) in [5, 5.41) is 7.77. The van der Waals surface area contributed by atoms with Crippen molar-refractivity contribution in [3.05, 3.63) is 33.8 Å². The highest BCUT2D eigenvalue weighted by Crippen LogP contribution is 2.24. The van der Waals surface area contributed by atoms with Gasteiger partial charge in [0.05, 0.1) is 10.0 Å². The van der Waals surface area contributed by atoms with Crippen molar-refractivity contribution in [2.24, 2.45) is 5.92 Å². The summed E-state index contributed by atoms with van der Waals surface area (Å²) >= 11 is 12.0. The molecule has 0 spiro atoms. The van der Waals surface area contributed by atoms with Crippen LogP contribution in [-0.2, 0) is 11.3 Å². The Balaban J connectivity index is 0.00000225. The van der Waals surface area contributed by atoms with Gasteiger partial charge in [0.1, 0.15) is 0 Å². The van der Waals surface area contributed by atoms with Gasteiger partial charge in [-0.25, -0.2) is 0 Å². The van der Waals surface area contributed by atoms with E-state index in [4.69, 9.17) is 23.2 Å². The van der Waals surface area contributed by atoms with Gasteiger partial charge in [0.2, 0.25) is 5.91 Å². The lowest BCUT2D eigenvalue weighted by Gasteiger charge is -2.33. The smallest absolute Gasteiger partial charge is 0.223 e. The van der Waals surface area contributed by atoms with E-state index in [2.05, 4.69) is 15.5 Å². The van der Waals surface area contributed by atoms with Crippen molar-refractivity contribution < 1.29 is 4.79 Å². The maximum absolute atomic E-state index is 12.3. The Hall–Kier alpha value is -0.520. The minimum Gasteiger partial charge on any atom is -0.353 e. The van der Waals surface area contributed by atoms with E-state index in [1.807, 2.05) is 18.2 Å². The standard InChI is InChI=1S/C18H25Cl2N3O.ClH/c19-16-2-1-13(11-17(16)20)12-23-9-5-15(6-10-23)22-18(24)14-3-7-21-8-4-14;/h1-2,11,14-15,21H,3-10,12H2,(H,22,24);1H. The van der Waals surface area contributed by atoms with Gasteiger partial charge < -0.3 is 10.6 Å². The first-order chi connectivity index (χ1) is 11.6. The minimum absolute atomic E-state index is 0. The molecule has 3 rings (SSSR count). The fourth-order valence-corrected chi connectivity index (χ4v) is 3.86. The van der Waals surface area contributed by atoms with Crippen LogP contribution in [0, 0.1) is 5.92 Å². The number of benzene rings is 1. The topological polar surface area (TPSA) is 44.4 Å². The molecule has 0 atom stereocenters. The molecule has 1 amide bonds. The zero-order chi connectivity index (χ0) is 16.9. The molecule has 0 radical (unpaired) electrons. The van der Waals surface area contributed by atoms with Crippen molar-refractivity contribution in [3.8, 4) is 0 Å². The molecular weight excluding hydrogens is 381 g/mol. The SMILES string of the molecule is Cl.O=C(NC1CCN(Cc2ccc(Cl)c(Cl)c2)CC1)C1CCNCC1. The van der Waals surface area contributed by atoms with Gasteiger partial charge >= 0.3 is 0 Å². The van der Waals surface area contributed by atoms with Crippen LogP contribution in [0.5, 0.6) is 0 Å². The second-order valence-electron chi connectivity index (χ2n) is 6.83. The Kier molecular flexibility index (Phi) is 8.30. The van der Waals surface area contributed by atoms with Gasteiger partial charge in [0, 0.05) is 31.6 Å². The third-order valence-corrected chi connectivity index (χ3v) is 5.77. The van der Waals surface area contributed by atoms with Gasteiger partial charge in [-0.15, -0.1) is 12.4 Å². The first-order valence-electron chi connectivity index (χ1n) is 8.79. The van der Waals surface area contributed by atoms with Crippen LogP contribution < -0.4 is 10.6 Å². The van der Waals surface area contributed by atoms with Gasteiger partial charge in [-0.3, -0.25) is 9.69 Å². The first kappa shape index (κ1) is 20.8. The first-order valence-corrected chi connectivity index (χ1v) is 9.55. The molecule has 0 bridgehead atoms. The predicted molar refractivity (Wildman–Crippen MR) is 106 cm³/mol. The van der Waals surface area contributed by atoms with Crippen LogP contribution in [0.1, 0.15) is 31.2 Å². The normalized spacial score (nSPS) is 20.1. The number of piperidine rings is 2. The molecule has 4 nitrogen and oxygen atoms in total. The maximum atomic E-state index is 12.3. The molecule has 140 valence electrons. The molecule has 25 heavy (non-hydrogen) atoms. The van der Waals surface area contributed by atoms with Gasteiger partial charge in [-0.1, -0.05) is 29.3 Å². The monoisotopic (exact) mass is 405 g/mol. The molecular formula is C18H26Cl3N3O. The van der Waals surface area contributed by atoms with Gasteiger partial charge in [0.25, 0.3) is 0 Å². The molecule has 2 aliphatic rings. The number of hydrogen-bond acceptors (Lipinski definition) is 3. The summed E-state index contributed by atoms with van der Waals surface area (Å²) < 4.78 is 0. The number of carbonyl (C=O) groups excluding carboxylic acids is 1. The average molecular weight is 407 g/mol. The fourth-order valence-electron chi connectivity index (χ4n) is 3.53. The van der Waals surface area contributed by atoms with Crippen molar-refractivity contribution in [1.29, 1.82) is 0 Å². The van der Waals surface area contributed by atoms with Crippen LogP contribution >= 0.6 is 35.6 Å². The lowest BCUT2D eigenvalue weighted by atomic mass is 9.96. The molecule has 0 aromatic heterocycles. The highest BCUT2D eigenvalue weighted by atomic mass is 35.5. The molecule has 0 saturated carbocycles. The highest BCUT2D eigenvalue weighted by molar-refractivity contribution is 6.42. The quantitative estimate of drug-likeness (QED) is 0.804. The number of hydrogen-bond donors (Lipinski definition) is 2. The molecule has 1 aromatic rings. The van der Waals surface area contributed by atoms with Gasteiger partial charge in [0.15, 0.2) is 0 Å². The molecule has 0 unspecified atom stereocenters. The van der Waals surface area contributed by atoms with E-state index in [0.29, 0.717) is 16.1 Å². The van der Waals surface area contributed by atoms with Crippen molar-refractivity contribution in [3.63, 3.8) is 0 Å². The summed E-state index contributed by atoms with van der Waals surface area (Å²) in [4.78, 5) is 14.7. The lowest BCUT2D eigenvalue weighted by molar-refractivity contribution is -0.126. The van der Waals surface area contributed by atoms with Crippen LogP contribution in [0.2, 0.25) is 10.0 Å². The molecule has 2 fully saturated rings. The van der Waals surface area contributed by atoms with Gasteiger partial charge in [-0.2, -0.15) is 0 Å². The summed E-state index contributed by atoms with van der Waals surface area (Å²) in [6, 6.07) is 6.14. The molecule has 0 aliphatic carbocycles. The summed E-state index contributed by atoms with van der Waals surface area (Å²) in [7, 11) is 0. The van der Waals surface area contributed by atoms with Crippen LogP contribution in [0.25, 0.3) is 0 Å². The van der Waals surface area contributed by atoms with Crippen LogP contribution in [-0.4, -0.2) is 43.0 Å². The number of likely N-dealkylation sites (tertiary alicyclic amines) is 1. The third kappa shape index (κ3) is 6.00. The van der Waals surface area contributed by atoms with E-state index in [9.17, 15) is 4.79 Å². The molecule has 2 saturated heterocycles. The molecule has 2 N–H and O–H groups in total. The Bertz CT molecular complexity index is 571. The van der Waals surface area contributed by atoms with E-state index in [0.717, 1.165) is 58.4 Å². The Morgan fingerprint density at radius 2 is 1.80 bits per heavy atom. The second kappa shape index (κ2) is 9.98. The number of nitrogens with zero attached hydrogens (tertiary/aromatic N) is 1. The van der Waals surface area contributed by atoms with Crippen molar-refractivity contribution in [2.75, 3.05) is 26.2 Å². The van der Waals surface area contributed by atoms with Crippen LogP contribution in [0.3, 0.4) is 0 Å². The fraction of sp³-hybridized carbons (Fsp3) is 0.611. The number of nitrogens with one attached hydrogen (secondary N) is 2. The average Bonchev–Trinajstić information content (AvgIpc) is 2.61. The molecule has 2 aliphatic heterocycles. The molecule has 7 heteroatoms. The summed E-state index contributed by atoms with van der Waals surface area (Å²) in [5.74, 6) is 0.444. The lowest BCUT2D eigenvalue weighted by Crippen LogP contribution is -2.47. The van der Waals surface area contributed by atoms with E-state index >= 15 is 0 Å². The van der Waals surface area contributed by atoms with Crippen molar-refractivity contribution in [2.45, 2.75) is 38.3 Å². The summed E-state index contributed by atoms with van der Waals surface area (Å²) in [6.07, 6.45) is 3.94. The highest BCUT2D eigenvalue weighted by Gasteiger charge is 2.25. The van der Waals surface area contributed by atoms with Crippen molar-refractivity contribution in [1.82, 2.24) is 15.5 Å². The van der Waals surface area contributed by atoms with Crippen LogP contribution in [0.15, 0.2) is 18.2 Å². The summed E-state index contributed by atoms with van der Waals surface area (Å²) in [5.41, 5.74) is 1.18. The Labute approximate surface area is 166 Å². The maximum Gasteiger partial charge on any atom is 0.223 e. The van der Waals surface area contributed by atoms with E-state index in [-0.39, 0.29) is 24.2 Å². The van der Waals surface area contributed by atoms with E-state index < -0.39 is 0 Å². The second-order valence-corrected chi connectivity index (χ2v) is 7.65. The van der Waals surface area contributed by atoms with Crippen molar-refractivity contribution >= 4 is 41.5 Å². The number of amides is 1. The molecule has 1 aromatic carbocycles. The Morgan fingerprint density at radius 3 is 2.44 bits per heavy atom. The zero-order valence-corrected chi connectivity index (χ0v) is 16.6. The number of rotatable bonds is 4. The predicted octanol–water partition coefficient (Wildman–Crippen LogP) is 3.50. The van der Waals surface area contributed by atoms with E-state index in [1.165, 1.54) is 5.56 Å². The number of carbonyl (C=O) groups is 1. The molecule has 2 heterocycles. The summed E-state index contributed by atoms with van der Waals surface area (Å²) in [6.45, 7) is 4.79. The van der Waals surface area contributed by atoms with Gasteiger partial charge in [-0.05, 0) is 56.5 Å². The largest absolute Gasteiger partial charge is 0.353 e. The number of halogens is 3. The Morgan fingerprint density at radius 1 is 1.12 bits per heavy atom. The zero-order valence-electron chi connectivity index (χ0n) is 14.3. The van der Waals surface area contributed by atoms with Crippen LogP contribution in [0.4, 0.5) is 0 Å².